The number of nitriles is 1. The Bertz CT molecular complexity index is 688. The minimum Gasteiger partial charge on any atom is -0.337 e. The third-order valence-electron chi connectivity index (χ3n) is 3.86. The van der Waals surface area contributed by atoms with E-state index in [2.05, 4.69) is 36.1 Å². The molecular formula is C17H15ClN2. The molecule has 0 saturated carbocycles. The molecule has 0 N–H and O–H groups in total. The van der Waals surface area contributed by atoms with Gasteiger partial charge in [-0.1, -0.05) is 29.8 Å². The Labute approximate surface area is 124 Å². The number of anilines is 2. The highest BCUT2D eigenvalue weighted by Crippen LogP contribution is 2.39. The zero-order valence-corrected chi connectivity index (χ0v) is 12.1. The van der Waals surface area contributed by atoms with Crippen LogP contribution in [0.1, 0.15) is 24.5 Å². The normalized spacial score (nSPS) is 17.4. The van der Waals surface area contributed by atoms with Gasteiger partial charge in [0.2, 0.25) is 0 Å². The maximum atomic E-state index is 9.35. The first-order valence-electron chi connectivity index (χ1n) is 6.77. The van der Waals surface area contributed by atoms with E-state index in [-0.39, 0.29) is 0 Å². The molecule has 0 radical (unpaired) electrons. The summed E-state index contributed by atoms with van der Waals surface area (Å²) in [6.45, 7) is 2.19. The molecule has 1 atom stereocenters. The van der Waals surface area contributed by atoms with Gasteiger partial charge in [-0.15, -0.1) is 0 Å². The van der Waals surface area contributed by atoms with E-state index in [1.807, 2.05) is 12.1 Å². The number of rotatable bonds is 1. The van der Waals surface area contributed by atoms with E-state index in [0.29, 0.717) is 16.6 Å². The van der Waals surface area contributed by atoms with E-state index >= 15 is 0 Å². The zero-order chi connectivity index (χ0) is 14.1. The molecule has 1 aliphatic heterocycles. The predicted molar refractivity (Wildman–Crippen MR) is 82.5 cm³/mol. The molecule has 1 unspecified atom stereocenters. The van der Waals surface area contributed by atoms with Crippen LogP contribution in [-0.2, 0) is 6.42 Å². The first-order valence-corrected chi connectivity index (χ1v) is 7.15. The fraction of sp³-hybridized carbons (Fsp3) is 0.235. The number of fused-ring (bicyclic) bond motifs is 1. The van der Waals surface area contributed by atoms with Crippen molar-refractivity contribution in [1.29, 1.82) is 5.26 Å². The minimum atomic E-state index is 0.357. The number of para-hydroxylation sites is 1. The highest BCUT2D eigenvalue weighted by molar-refractivity contribution is 6.31. The summed E-state index contributed by atoms with van der Waals surface area (Å²) in [7, 11) is 0. The second-order valence-electron chi connectivity index (χ2n) is 5.16. The lowest BCUT2D eigenvalue weighted by Gasteiger charge is -2.37. The van der Waals surface area contributed by atoms with Crippen LogP contribution in [0.4, 0.5) is 11.4 Å². The third-order valence-corrected chi connectivity index (χ3v) is 4.10. The van der Waals surface area contributed by atoms with E-state index < -0.39 is 0 Å². The molecular weight excluding hydrogens is 268 g/mol. The smallest absolute Gasteiger partial charge is 0.101 e. The Morgan fingerprint density at radius 2 is 2.00 bits per heavy atom. The maximum Gasteiger partial charge on any atom is 0.101 e. The molecule has 0 bridgehead atoms. The molecule has 0 saturated heterocycles. The predicted octanol–water partition coefficient (Wildman–Crippen LogP) is 4.68. The lowest BCUT2D eigenvalue weighted by molar-refractivity contribution is 0.618. The Morgan fingerprint density at radius 3 is 2.80 bits per heavy atom. The number of aryl methyl sites for hydroxylation is 1. The summed E-state index contributed by atoms with van der Waals surface area (Å²) in [5, 5.41) is 10.0. The molecule has 0 spiro atoms. The Balaban J connectivity index is 2.19. The highest BCUT2D eigenvalue weighted by Gasteiger charge is 2.25. The van der Waals surface area contributed by atoms with Gasteiger partial charge in [-0.05, 0) is 49.6 Å². The van der Waals surface area contributed by atoms with E-state index in [4.69, 9.17) is 11.6 Å². The lowest BCUT2D eigenvalue weighted by Crippen LogP contribution is -2.33. The van der Waals surface area contributed by atoms with Crippen LogP contribution >= 0.6 is 11.6 Å². The van der Waals surface area contributed by atoms with Crippen LogP contribution in [0.2, 0.25) is 5.02 Å². The van der Waals surface area contributed by atoms with Gasteiger partial charge in [0.05, 0.1) is 11.3 Å². The second-order valence-corrected chi connectivity index (χ2v) is 5.60. The summed E-state index contributed by atoms with van der Waals surface area (Å²) in [6, 6.07) is 16.5. The van der Waals surface area contributed by atoms with E-state index in [0.717, 1.165) is 18.5 Å². The number of halogens is 1. The zero-order valence-electron chi connectivity index (χ0n) is 11.3. The van der Waals surface area contributed by atoms with E-state index in [1.54, 1.807) is 12.1 Å². The van der Waals surface area contributed by atoms with Crippen molar-refractivity contribution in [2.75, 3.05) is 4.90 Å². The molecule has 2 nitrogen and oxygen atoms in total. The van der Waals surface area contributed by atoms with Crippen LogP contribution in [0.15, 0.2) is 42.5 Å². The van der Waals surface area contributed by atoms with E-state index in [1.165, 1.54) is 11.3 Å². The van der Waals surface area contributed by atoms with E-state index in [9.17, 15) is 5.26 Å². The second kappa shape index (κ2) is 5.19. The standard InChI is InChI=1S/C17H15ClN2/c1-12-6-7-13-4-2-3-5-16(13)20(12)17-10-15(18)9-8-14(17)11-19/h2-5,8-10,12H,6-7H2,1H3. The van der Waals surface area contributed by atoms with Crippen molar-refractivity contribution in [3.63, 3.8) is 0 Å². The van der Waals surface area contributed by atoms with Gasteiger partial charge in [0.1, 0.15) is 6.07 Å². The molecule has 100 valence electrons. The van der Waals surface area contributed by atoms with Gasteiger partial charge < -0.3 is 4.90 Å². The summed E-state index contributed by atoms with van der Waals surface area (Å²) in [5.41, 5.74) is 4.08. The molecule has 1 aliphatic rings. The summed E-state index contributed by atoms with van der Waals surface area (Å²) < 4.78 is 0. The van der Waals surface area contributed by atoms with Crippen molar-refractivity contribution in [3.8, 4) is 6.07 Å². The molecule has 1 heterocycles. The van der Waals surface area contributed by atoms with Crippen LogP contribution in [0.25, 0.3) is 0 Å². The SMILES string of the molecule is CC1CCc2ccccc2N1c1cc(Cl)ccc1C#N. The van der Waals surface area contributed by atoms with Gasteiger partial charge in [0, 0.05) is 16.8 Å². The number of benzene rings is 2. The fourth-order valence-electron chi connectivity index (χ4n) is 2.85. The van der Waals surface area contributed by atoms with Crippen LogP contribution in [0, 0.1) is 11.3 Å². The van der Waals surface area contributed by atoms with Gasteiger partial charge in [-0.3, -0.25) is 0 Å². The monoisotopic (exact) mass is 282 g/mol. The van der Waals surface area contributed by atoms with Gasteiger partial charge in [0.15, 0.2) is 0 Å². The molecule has 0 aliphatic carbocycles. The van der Waals surface area contributed by atoms with Gasteiger partial charge in [-0.2, -0.15) is 5.26 Å². The molecule has 3 rings (SSSR count). The first-order chi connectivity index (χ1) is 9.70. The van der Waals surface area contributed by atoms with Crippen molar-refractivity contribution < 1.29 is 0 Å². The van der Waals surface area contributed by atoms with Crippen molar-refractivity contribution in [3.05, 3.63) is 58.6 Å². The van der Waals surface area contributed by atoms with Gasteiger partial charge in [0.25, 0.3) is 0 Å². The first kappa shape index (κ1) is 13.0. The molecule has 0 aromatic heterocycles. The molecule has 0 amide bonds. The molecule has 2 aromatic carbocycles. The summed E-state index contributed by atoms with van der Waals surface area (Å²) in [5.74, 6) is 0. The average molecular weight is 283 g/mol. The maximum absolute atomic E-state index is 9.35. The van der Waals surface area contributed by atoms with Crippen LogP contribution in [0.3, 0.4) is 0 Å². The number of hydrogen-bond donors (Lipinski definition) is 0. The van der Waals surface area contributed by atoms with Crippen molar-refractivity contribution in [2.24, 2.45) is 0 Å². The summed E-state index contributed by atoms with van der Waals surface area (Å²) in [6.07, 6.45) is 2.16. The van der Waals surface area contributed by atoms with Gasteiger partial charge >= 0.3 is 0 Å². The van der Waals surface area contributed by atoms with Crippen LogP contribution in [0.5, 0.6) is 0 Å². The van der Waals surface area contributed by atoms with Crippen LogP contribution in [-0.4, -0.2) is 6.04 Å². The summed E-state index contributed by atoms with van der Waals surface area (Å²) >= 11 is 6.13. The lowest BCUT2D eigenvalue weighted by atomic mass is 9.95. The topological polar surface area (TPSA) is 27.0 Å². The fourth-order valence-corrected chi connectivity index (χ4v) is 3.02. The average Bonchev–Trinajstić information content (AvgIpc) is 2.47. The molecule has 0 fully saturated rings. The largest absolute Gasteiger partial charge is 0.337 e. The molecule has 2 aromatic rings. The number of hydrogen-bond acceptors (Lipinski definition) is 2. The van der Waals surface area contributed by atoms with Crippen LogP contribution < -0.4 is 4.90 Å². The van der Waals surface area contributed by atoms with Crippen molar-refractivity contribution in [1.82, 2.24) is 0 Å². The van der Waals surface area contributed by atoms with Crippen molar-refractivity contribution in [2.45, 2.75) is 25.8 Å². The van der Waals surface area contributed by atoms with Gasteiger partial charge in [-0.25, -0.2) is 0 Å². The quantitative estimate of drug-likeness (QED) is 0.759. The Morgan fingerprint density at radius 1 is 1.20 bits per heavy atom. The summed E-state index contributed by atoms with van der Waals surface area (Å²) in [4.78, 5) is 2.24. The Hall–Kier alpha value is -1.98. The number of nitrogens with zero attached hydrogens (tertiary/aromatic N) is 2. The molecule has 20 heavy (non-hydrogen) atoms. The van der Waals surface area contributed by atoms with Crippen molar-refractivity contribution >= 4 is 23.0 Å². The Kier molecular flexibility index (Phi) is 3.38. The minimum absolute atomic E-state index is 0.357. The molecule has 3 heteroatoms. The highest BCUT2D eigenvalue weighted by atomic mass is 35.5. The third kappa shape index (κ3) is 2.15.